The van der Waals surface area contributed by atoms with Gasteiger partial charge in [0.1, 0.15) is 13.1 Å². The van der Waals surface area contributed by atoms with Crippen molar-refractivity contribution >= 4 is 29.2 Å². The van der Waals surface area contributed by atoms with E-state index in [2.05, 4.69) is 9.89 Å². The van der Waals surface area contributed by atoms with Crippen LogP contribution in [0.25, 0.3) is 0 Å². The highest BCUT2D eigenvalue weighted by molar-refractivity contribution is 6.30. The van der Waals surface area contributed by atoms with Gasteiger partial charge in [0.2, 0.25) is 5.91 Å². The van der Waals surface area contributed by atoms with Crippen molar-refractivity contribution in [3.8, 4) is 0 Å². The number of alkyl halides is 3. The first kappa shape index (κ1) is 20.2. The van der Waals surface area contributed by atoms with Crippen LogP contribution in [0.3, 0.4) is 0 Å². The van der Waals surface area contributed by atoms with Crippen LogP contribution in [0.4, 0.5) is 18.9 Å². The summed E-state index contributed by atoms with van der Waals surface area (Å²) in [5.41, 5.74) is 6.92. The van der Waals surface area contributed by atoms with Gasteiger partial charge in [0.25, 0.3) is 0 Å². The van der Waals surface area contributed by atoms with Gasteiger partial charge < -0.3 is 20.4 Å². The largest absolute Gasteiger partial charge is 0.406 e. The van der Waals surface area contributed by atoms with Crippen LogP contribution >= 0.6 is 11.6 Å². The molecule has 0 radical (unpaired) electrons. The summed E-state index contributed by atoms with van der Waals surface area (Å²) >= 11 is 5.88. The van der Waals surface area contributed by atoms with Gasteiger partial charge in [0.05, 0.1) is 0 Å². The Morgan fingerprint density at radius 2 is 1.81 bits per heavy atom. The Kier molecular flexibility index (Phi) is 6.57. The quantitative estimate of drug-likeness (QED) is 0.628. The predicted octanol–water partition coefficient (Wildman–Crippen LogP) is 1.80. The van der Waals surface area contributed by atoms with E-state index in [-0.39, 0.29) is 5.96 Å². The van der Waals surface area contributed by atoms with Crippen molar-refractivity contribution < 1.29 is 18.0 Å². The third-order valence-corrected chi connectivity index (χ3v) is 4.27. The second kappa shape index (κ2) is 8.48. The van der Waals surface area contributed by atoms with Crippen LogP contribution in [0.15, 0.2) is 29.3 Å². The number of anilines is 1. The smallest absolute Gasteiger partial charge is 0.370 e. The maximum absolute atomic E-state index is 12.3. The fraction of sp³-hybridized carbons (Fsp3) is 0.500. The summed E-state index contributed by atoms with van der Waals surface area (Å²) in [6.07, 6.45) is -4.43. The Hall–Kier alpha value is -2.16. The molecule has 26 heavy (non-hydrogen) atoms. The fourth-order valence-electron chi connectivity index (χ4n) is 2.57. The first-order valence-corrected chi connectivity index (χ1v) is 8.39. The minimum Gasteiger partial charge on any atom is -0.370 e. The zero-order valence-corrected chi connectivity index (χ0v) is 15.1. The topological polar surface area (TPSA) is 65.2 Å². The number of carbonyl (C=O) groups excluding carboxylic acids is 1. The number of likely N-dealkylation sites (N-methyl/N-ethyl adjacent to an activating group) is 1. The lowest BCUT2D eigenvalue weighted by Gasteiger charge is -2.36. The maximum atomic E-state index is 12.3. The summed E-state index contributed by atoms with van der Waals surface area (Å²) < 4.78 is 36.8. The first-order chi connectivity index (χ1) is 12.2. The number of hydrogen-bond donors (Lipinski definition) is 1. The number of halogens is 4. The molecule has 1 aromatic carbocycles. The van der Waals surface area contributed by atoms with Crippen LogP contribution in [0.2, 0.25) is 5.02 Å². The van der Waals surface area contributed by atoms with Crippen molar-refractivity contribution in [2.75, 3.05) is 51.2 Å². The maximum Gasteiger partial charge on any atom is 0.406 e. The minimum atomic E-state index is -4.43. The SMILES string of the molecule is CN(CC(F)(F)F)C(=O)CN=C(N)N1CCN(c2ccc(Cl)cc2)CC1. The van der Waals surface area contributed by atoms with Crippen molar-refractivity contribution in [1.82, 2.24) is 9.80 Å². The van der Waals surface area contributed by atoms with E-state index in [4.69, 9.17) is 17.3 Å². The van der Waals surface area contributed by atoms with Crippen molar-refractivity contribution in [2.24, 2.45) is 10.7 Å². The van der Waals surface area contributed by atoms with Gasteiger partial charge in [-0.1, -0.05) is 11.6 Å². The lowest BCUT2D eigenvalue weighted by Crippen LogP contribution is -2.51. The molecule has 2 N–H and O–H groups in total. The van der Waals surface area contributed by atoms with Gasteiger partial charge >= 0.3 is 6.18 Å². The Morgan fingerprint density at radius 1 is 1.23 bits per heavy atom. The zero-order chi connectivity index (χ0) is 19.3. The van der Waals surface area contributed by atoms with E-state index in [0.717, 1.165) is 12.7 Å². The molecule has 2 rings (SSSR count). The molecule has 144 valence electrons. The second-order valence-electron chi connectivity index (χ2n) is 5.99. The molecule has 1 fully saturated rings. The molecule has 0 aliphatic carbocycles. The van der Waals surface area contributed by atoms with Crippen LogP contribution in [0, 0.1) is 0 Å². The number of carbonyl (C=O) groups is 1. The van der Waals surface area contributed by atoms with E-state index in [9.17, 15) is 18.0 Å². The molecule has 0 saturated carbocycles. The number of nitrogens with two attached hydrogens (primary N) is 1. The van der Waals surface area contributed by atoms with E-state index >= 15 is 0 Å². The summed E-state index contributed by atoms with van der Waals surface area (Å²) in [5, 5.41) is 0.670. The van der Waals surface area contributed by atoms with Gasteiger partial charge in [-0.2, -0.15) is 13.2 Å². The average molecular weight is 392 g/mol. The molecule has 6 nitrogen and oxygen atoms in total. The molecule has 1 heterocycles. The lowest BCUT2D eigenvalue weighted by molar-refractivity contribution is -0.157. The fourth-order valence-corrected chi connectivity index (χ4v) is 2.70. The molecule has 0 bridgehead atoms. The molecule has 1 aromatic rings. The standard InChI is InChI=1S/C16H21ClF3N5O/c1-23(11-16(18,19)20)14(26)10-22-15(21)25-8-6-24(7-9-25)13-4-2-12(17)3-5-13/h2-5H,6-11H2,1H3,(H2,21,22). The summed E-state index contributed by atoms with van der Waals surface area (Å²) in [7, 11) is 1.09. The Labute approximate surface area is 155 Å². The number of hydrogen-bond acceptors (Lipinski definition) is 3. The third-order valence-electron chi connectivity index (χ3n) is 4.01. The average Bonchev–Trinajstić information content (AvgIpc) is 2.58. The Morgan fingerprint density at radius 3 is 2.35 bits per heavy atom. The van der Waals surface area contributed by atoms with Crippen LogP contribution < -0.4 is 10.6 Å². The van der Waals surface area contributed by atoms with Gasteiger partial charge in [0, 0.05) is 43.9 Å². The van der Waals surface area contributed by atoms with Gasteiger partial charge in [-0.3, -0.25) is 4.79 Å². The minimum absolute atomic E-state index is 0.162. The first-order valence-electron chi connectivity index (χ1n) is 8.02. The lowest BCUT2D eigenvalue weighted by atomic mass is 10.2. The van der Waals surface area contributed by atoms with Gasteiger partial charge in [0.15, 0.2) is 5.96 Å². The molecular weight excluding hydrogens is 371 g/mol. The van der Waals surface area contributed by atoms with Crippen LogP contribution in [-0.2, 0) is 4.79 Å². The molecule has 0 spiro atoms. The third kappa shape index (κ3) is 5.98. The summed E-state index contributed by atoms with van der Waals surface area (Å²) in [5.74, 6) is -0.570. The van der Waals surface area contributed by atoms with Gasteiger partial charge in [-0.05, 0) is 24.3 Å². The van der Waals surface area contributed by atoms with Crippen molar-refractivity contribution in [3.63, 3.8) is 0 Å². The number of amides is 1. The summed E-state index contributed by atoms with van der Waals surface area (Å²) in [4.78, 5) is 20.2. The zero-order valence-electron chi connectivity index (χ0n) is 14.3. The second-order valence-corrected chi connectivity index (χ2v) is 6.43. The highest BCUT2D eigenvalue weighted by Crippen LogP contribution is 2.19. The monoisotopic (exact) mass is 391 g/mol. The molecule has 1 saturated heterocycles. The molecule has 0 atom stereocenters. The van der Waals surface area contributed by atoms with E-state index in [1.165, 1.54) is 0 Å². The molecule has 1 amide bonds. The van der Waals surface area contributed by atoms with E-state index < -0.39 is 25.2 Å². The van der Waals surface area contributed by atoms with Crippen molar-refractivity contribution in [3.05, 3.63) is 29.3 Å². The Bertz CT molecular complexity index is 642. The van der Waals surface area contributed by atoms with Gasteiger partial charge in [-0.25, -0.2) is 4.99 Å². The van der Waals surface area contributed by atoms with Crippen LogP contribution in [-0.4, -0.2) is 74.2 Å². The van der Waals surface area contributed by atoms with Crippen LogP contribution in [0.5, 0.6) is 0 Å². The number of aliphatic imine (C=N–C) groups is 1. The molecule has 0 unspecified atom stereocenters. The highest BCUT2D eigenvalue weighted by Gasteiger charge is 2.31. The number of piperazine rings is 1. The molecule has 10 heteroatoms. The van der Waals surface area contributed by atoms with Crippen molar-refractivity contribution in [1.29, 1.82) is 0 Å². The van der Waals surface area contributed by atoms with E-state index in [1.54, 1.807) is 0 Å². The molecule has 1 aliphatic heterocycles. The number of nitrogens with zero attached hydrogens (tertiary/aromatic N) is 4. The van der Waals surface area contributed by atoms with Gasteiger partial charge in [-0.15, -0.1) is 0 Å². The predicted molar refractivity (Wildman–Crippen MR) is 95.4 cm³/mol. The number of rotatable bonds is 4. The normalized spacial score (nSPS) is 16.0. The molecule has 1 aliphatic rings. The summed E-state index contributed by atoms with van der Waals surface area (Å²) in [6.45, 7) is 0.908. The van der Waals surface area contributed by atoms with E-state index in [0.29, 0.717) is 36.1 Å². The number of benzene rings is 1. The van der Waals surface area contributed by atoms with E-state index in [1.807, 2.05) is 29.2 Å². The highest BCUT2D eigenvalue weighted by atomic mass is 35.5. The van der Waals surface area contributed by atoms with Crippen LogP contribution in [0.1, 0.15) is 0 Å². The molecule has 0 aromatic heterocycles. The molecular formula is C16H21ClF3N5O. The summed E-state index contributed by atoms with van der Waals surface area (Å²) in [6, 6.07) is 7.51. The number of guanidine groups is 1. The Balaban J connectivity index is 1.83. The van der Waals surface area contributed by atoms with Crippen molar-refractivity contribution in [2.45, 2.75) is 6.18 Å².